The molecule has 3 rings (SSSR count). The van der Waals surface area contributed by atoms with E-state index in [1.54, 1.807) is 0 Å². The maximum atomic E-state index is 12.1. The zero-order valence-electron chi connectivity index (χ0n) is 14.1. The molecule has 126 valence electrons. The standard InChI is InChI=1S/C19H28N2O2/c1-2-3-7-19(22)20-18-6-4-5-15-14-16(8-9-17(15)18)21-10-12-23-13-11-21/h8-9,14,18H,2-7,10-13H2,1H3,(H,20,22). The van der Waals surface area contributed by atoms with Crippen molar-refractivity contribution in [2.24, 2.45) is 0 Å². The molecule has 0 saturated carbocycles. The van der Waals surface area contributed by atoms with Gasteiger partial charge < -0.3 is 15.0 Å². The molecular formula is C19H28N2O2. The Morgan fingerprint density at radius 1 is 1.35 bits per heavy atom. The summed E-state index contributed by atoms with van der Waals surface area (Å²) in [4.78, 5) is 14.5. The molecule has 1 aromatic rings. The Hall–Kier alpha value is -1.55. The largest absolute Gasteiger partial charge is 0.378 e. The fourth-order valence-corrected chi connectivity index (χ4v) is 3.57. The summed E-state index contributed by atoms with van der Waals surface area (Å²) in [6.07, 6.45) is 6.02. The van der Waals surface area contributed by atoms with Crippen LogP contribution in [0.25, 0.3) is 0 Å². The van der Waals surface area contributed by atoms with E-state index in [2.05, 4.69) is 35.3 Å². The number of fused-ring (bicyclic) bond motifs is 1. The number of hydrogen-bond donors (Lipinski definition) is 1. The molecule has 1 aliphatic heterocycles. The highest BCUT2D eigenvalue weighted by Gasteiger charge is 2.23. The van der Waals surface area contributed by atoms with Crippen molar-refractivity contribution in [2.45, 2.75) is 51.5 Å². The molecule has 2 aliphatic rings. The van der Waals surface area contributed by atoms with Crippen LogP contribution >= 0.6 is 0 Å². The number of carbonyl (C=O) groups is 1. The van der Waals surface area contributed by atoms with Gasteiger partial charge in [0.25, 0.3) is 0 Å². The third kappa shape index (κ3) is 4.05. The number of carbonyl (C=O) groups excluding carboxylic acids is 1. The van der Waals surface area contributed by atoms with Crippen molar-refractivity contribution >= 4 is 11.6 Å². The number of unbranched alkanes of at least 4 members (excludes halogenated alkanes) is 1. The Bertz CT molecular complexity index is 538. The molecule has 23 heavy (non-hydrogen) atoms. The fourth-order valence-electron chi connectivity index (χ4n) is 3.57. The van der Waals surface area contributed by atoms with Gasteiger partial charge in [-0.1, -0.05) is 19.4 Å². The van der Waals surface area contributed by atoms with Crippen LogP contribution in [0.3, 0.4) is 0 Å². The normalized spacial score (nSPS) is 20.9. The highest BCUT2D eigenvalue weighted by Crippen LogP contribution is 2.32. The number of benzene rings is 1. The number of nitrogens with one attached hydrogen (secondary N) is 1. The average Bonchev–Trinajstić information content (AvgIpc) is 2.60. The van der Waals surface area contributed by atoms with Gasteiger partial charge in [-0.05, 0) is 48.9 Å². The Morgan fingerprint density at radius 3 is 2.96 bits per heavy atom. The van der Waals surface area contributed by atoms with Crippen molar-refractivity contribution < 1.29 is 9.53 Å². The predicted molar refractivity (Wildman–Crippen MR) is 92.8 cm³/mol. The van der Waals surface area contributed by atoms with Crippen molar-refractivity contribution in [3.8, 4) is 0 Å². The highest BCUT2D eigenvalue weighted by atomic mass is 16.5. The second-order valence-electron chi connectivity index (χ2n) is 6.60. The van der Waals surface area contributed by atoms with Crippen LogP contribution in [0.1, 0.15) is 56.2 Å². The van der Waals surface area contributed by atoms with E-state index in [1.165, 1.54) is 16.8 Å². The molecule has 0 bridgehead atoms. The number of rotatable bonds is 5. The van der Waals surface area contributed by atoms with Gasteiger partial charge in [0.05, 0.1) is 19.3 Å². The average molecular weight is 316 g/mol. The number of nitrogens with zero attached hydrogens (tertiary/aromatic N) is 1. The number of anilines is 1. The van der Waals surface area contributed by atoms with Gasteiger partial charge in [-0.25, -0.2) is 0 Å². The second kappa shape index (κ2) is 7.82. The molecule has 1 unspecified atom stereocenters. The topological polar surface area (TPSA) is 41.6 Å². The molecule has 1 amide bonds. The molecule has 1 aromatic carbocycles. The summed E-state index contributed by atoms with van der Waals surface area (Å²) in [5, 5.41) is 3.24. The van der Waals surface area contributed by atoms with Crippen LogP contribution in [0.5, 0.6) is 0 Å². The number of amides is 1. The zero-order valence-corrected chi connectivity index (χ0v) is 14.1. The summed E-state index contributed by atoms with van der Waals surface area (Å²) < 4.78 is 5.44. The van der Waals surface area contributed by atoms with Gasteiger partial charge in [-0.15, -0.1) is 0 Å². The Kier molecular flexibility index (Phi) is 5.55. The van der Waals surface area contributed by atoms with Crippen molar-refractivity contribution in [2.75, 3.05) is 31.2 Å². The minimum atomic E-state index is 0.196. The lowest BCUT2D eigenvalue weighted by Gasteiger charge is -2.32. The van der Waals surface area contributed by atoms with Crippen LogP contribution in [-0.2, 0) is 16.0 Å². The number of ether oxygens (including phenoxy) is 1. The molecule has 4 nitrogen and oxygen atoms in total. The summed E-state index contributed by atoms with van der Waals surface area (Å²) in [5.74, 6) is 0.196. The van der Waals surface area contributed by atoms with Crippen LogP contribution in [0.4, 0.5) is 5.69 Å². The van der Waals surface area contributed by atoms with Gasteiger partial charge in [0.15, 0.2) is 0 Å². The minimum absolute atomic E-state index is 0.196. The van der Waals surface area contributed by atoms with Gasteiger partial charge in [-0.3, -0.25) is 4.79 Å². The molecule has 4 heteroatoms. The van der Waals surface area contributed by atoms with E-state index in [0.717, 1.165) is 58.4 Å². The maximum Gasteiger partial charge on any atom is 0.220 e. The summed E-state index contributed by atoms with van der Waals surface area (Å²) in [6, 6.07) is 6.96. The number of hydrogen-bond acceptors (Lipinski definition) is 3. The Morgan fingerprint density at radius 2 is 2.17 bits per heavy atom. The van der Waals surface area contributed by atoms with Crippen molar-refractivity contribution in [1.82, 2.24) is 5.32 Å². The zero-order chi connectivity index (χ0) is 16.1. The first-order valence-electron chi connectivity index (χ1n) is 9.03. The van der Waals surface area contributed by atoms with Crippen molar-refractivity contribution in [1.29, 1.82) is 0 Å². The number of aryl methyl sites for hydroxylation is 1. The molecule has 1 heterocycles. The Balaban J connectivity index is 1.70. The second-order valence-corrected chi connectivity index (χ2v) is 6.60. The minimum Gasteiger partial charge on any atom is -0.378 e. The highest BCUT2D eigenvalue weighted by molar-refractivity contribution is 5.76. The van der Waals surface area contributed by atoms with Crippen LogP contribution in [0.2, 0.25) is 0 Å². The van der Waals surface area contributed by atoms with Gasteiger partial charge in [-0.2, -0.15) is 0 Å². The first kappa shape index (κ1) is 16.3. The first-order chi connectivity index (χ1) is 11.3. The Labute approximate surface area is 139 Å². The lowest BCUT2D eigenvalue weighted by atomic mass is 9.87. The molecule has 1 saturated heterocycles. The van der Waals surface area contributed by atoms with Crippen molar-refractivity contribution in [3.63, 3.8) is 0 Å². The summed E-state index contributed by atoms with van der Waals surface area (Å²) in [5.41, 5.74) is 4.02. The summed E-state index contributed by atoms with van der Waals surface area (Å²) >= 11 is 0. The van der Waals surface area contributed by atoms with E-state index in [4.69, 9.17) is 4.74 Å². The molecule has 0 spiro atoms. The molecule has 1 N–H and O–H groups in total. The van der Waals surface area contributed by atoms with Crippen molar-refractivity contribution in [3.05, 3.63) is 29.3 Å². The van der Waals surface area contributed by atoms with Crippen LogP contribution in [-0.4, -0.2) is 32.2 Å². The van der Waals surface area contributed by atoms with Gasteiger partial charge >= 0.3 is 0 Å². The van der Waals surface area contributed by atoms with E-state index >= 15 is 0 Å². The smallest absolute Gasteiger partial charge is 0.220 e. The third-order valence-corrected chi connectivity index (χ3v) is 4.91. The van der Waals surface area contributed by atoms with Crippen LogP contribution in [0.15, 0.2) is 18.2 Å². The molecule has 0 aromatic heterocycles. The van der Waals surface area contributed by atoms with E-state index in [9.17, 15) is 4.79 Å². The molecule has 0 radical (unpaired) electrons. The predicted octanol–water partition coefficient (Wildman–Crippen LogP) is 3.21. The van der Waals surface area contributed by atoms with Crippen LogP contribution < -0.4 is 10.2 Å². The monoisotopic (exact) mass is 316 g/mol. The summed E-state index contributed by atoms with van der Waals surface area (Å²) in [6.45, 7) is 5.68. The maximum absolute atomic E-state index is 12.1. The third-order valence-electron chi connectivity index (χ3n) is 4.91. The fraction of sp³-hybridized carbons (Fsp3) is 0.632. The lowest BCUT2D eigenvalue weighted by Crippen LogP contribution is -2.36. The molecular weight excluding hydrogens is 288 g/mol. The quantitative estimate of drug-likeness (QED) is 0.907. The molecule has 1 aliphatic carbocycles. The lowest BCUT2D eigenvalue weighted by molar-refractivity contribution is -0.122. The van der Waals surface area contributed by atoms with Crippen LogP contribution in [0, 0.1) is 0 Å². The van der Waals surface area contributed by atoms with E-state index in [0.29, 0.717) is 6.42 Å². The van der Waals surface area contributed by atoms with E-state index in [1.807, 2.05) is 0 Å². The molecule has 1 fully saturated rings. The summed E-state index contributed by atoms with van der Waals surface area (Å²) in [7, 11) is 0. The first-order valence-corrected chi connectivity index (χ1v) is 9.03. The number of morpholine rings is 1. The van der Waals surface area contributed by atoms with E-state index < -0.39 is 0 Å². The van der Waals surface area contributed by atoms with E-state index in [-0.39, 0.29) is 11.9 Å². The van der Waals surface area contributed by atoms with Gasteiger partial charge in [0.2, 0.25) is 5.91 Å². The SMILES string of the molecule is CCCCC(=O)NC1CCCc2cc(N3CCOCC3)ccc21. The van der Waals surface area contributed by atoms with Gasteiger partial charge in [0.1, 0.15) is 0 Å². The van der Waals surface area contributed by atoms with Gasteiger partial charge in [0, 0.05) is 25.2 Å². The molecule has 1 atom stereocenters.